The van der Waals surface area contributed by atoms with E-state index in [4.69, 9.17) is 0 Å². The largest absolute Gasteiger partial charge is 0.842 e. The van der Waals surface area contributed by atoms with Crippen LogP contribution in [0.25, 0.3) is 22.9 Å². The van der Waals surface area contributed by atoms with Crippen molar-refractivity contribution in [3.63, 3.8) is 0 Å². The highest BCUT2D eigenvalue weighted by Crippen LogP contribution is 2.21. The van der Waals surface area contributed by atoms with E-state index in [-0.39, 0.29) is 29.4 Å². The van der Waals surface area contributed by atoms with Crippen molar-refractivity contribution in [2.45, 2.75) is 6.54 Å². The predicted molar refractivity (Wildman–Crippen MR) is 104 cm³/mol. The number of pyridine rings is 1. The second-order valence-corrected chi connectivity index (χ2v) is 6.34. The maximum Gasteiger partial charge on any atom is 0.349 e. The Bertz CT molecular complexity index is 1210. The number of hydrogen-bond acceptors (Lipinski definition) is 2. The van der Waals surface area contributed by atoms with E-state index in [0.717, 1.165) is 5.56 Å². The van der Waals surface area contributed by atoms with Crippen LogP contribution >= 0.6 is 0 Å². The predicted octanol–water partition coefficient (Wildman–Crippen LogP) is 3.18. The summed E-state index contributed by atoms with van der Waals surface area (Å²) < 4.78 is 16.1. The number of rotatable bonds is 4. The van der Waals surface area contributed by atoms with E-state index in [2.05, 4.69) is 0 Å². The van der Waals surface area contributed by atoms with Gasteiger partial charge < -0.3 is 5.11 Å². The number of aromatic nitrogens is 2. The zero-order valence-corrected chi connectivity index (χ0v) is 15.0. The van der Waals surface area contributed by atoms with Gasteiger partial charge in [0.25, 0.3) is 5.65 Å². The van der Waals surface area contributed by atoms with Gasteiger partial charge in [0.1, 0.15) is 17.9 Å². The molecule has 138 valence electrons. The summed E-state index contributed by atoms with van der Waals surface area (Å²) in [5.74, 6) is -0.638. The van der Waals surface area contributed by atoms with Gasteiger partial charge in [-0.2, -0.15) is 4.40 Å². The summed E-state index contributed by atoms with van der Waals surface area (Å²) in [5.41, 5.74) is 1.73. The summed E-state index contributed by atoms with van der Waals surface area (Å²) in [6, 6.07) is 20.3. The van der Waals surface area contributed by atoms with E-state index in [0.29, 0.717) is 11.2 Å². The van der Waals surface area contributed by atoms with Gasteiger partial charge in [-0.05, 0) is 35.4 Å². The Kier molecular flexibility index (Phi) is 4.72. The van der Waals surface area contributed by atoms with Gasteiger partial charge in [-0.3, -0.25) is 0 Å². The Morgan fingerprint density at radius 2 is 1.68 bits per heavy atom. The highest BCUT2D eigenvalue weighted by Gasteiger charge is 2.18. The third-order valence-electron chi connectivity index (χ3n) is 4.54. The van der Waals surface area contributed by atoms with Gasteiger partial charge in [0.15, 0.2) is 0 Å². The molecule has 0 unspecified atom stereocenters. The van der Waals surface area contributed by atoms with Crippen LogP contribution in [0.2, 0.25) is 0 Å². The maximum absolute atomic E-state index is 13.2. The zero-order chi connectivity index (χ0) is 19.5. The van der Waals surface area contributed by atoms with Crippen LogP contribution in [0, 0.1) is 5.82 Å². The number of hydrogen-bond donors (Lipinski definition) is 0. The molecule has 0 bridgehead atoms. The minimum Gasteiger partial charge on any atom is -0.842 e. The molecule has 2 heterocycles. The minimum atomic E-state index is -0.342. The molecule has 0 aliphatic rings. The molecule has 0 saturated carbocycles. The molecule has 0 radical (unpaired) electrons. The van der Waals surface area contributed by atoms with Crippen LogP contribution in [0.1, 0.15) is 5.56 Å². The van der Waals surface area contributed by atoms with Gasteiger partial charge in [-0.1, -0.05) is 54.6 Å². The molecule has 0 aliphatic carbocycles. The van der Waals surface area contributed by atoms with Crippen molar-refractivity contribution in [2.24, 2.45) is 0 Å². The first-order valence-corrected chi connectivity index (χ1v) is 8.87. The average molecular weight is 372 g/mol. The van der Waals surface area contributed by atoms with Crippen molar-refractivity contribution in [3.05, 3.63) is 107 Å². The Balaban J connectivity index is 1.83. The van der Waals surface area contributed by atoms with Crippen molar-refractivity contribution in [1.82, 2.24) is 4.40 Å². The molecule has 4 rings (SSSR count). The van der Waals surface area contributed by atoms with E-state index in [1.807, 2.05) is 18.2 Å². The molecule has 4 aromatic rings. The van der Waals surface area contributed by atoms with Gasteiger partial charge in [-0.25, -0.2) is 13.8 Å². The number of fused-ring (bicyclic) bond motifs is 1. The first-order chi connectivity index (χ1) is 13.6. The van der Waals surface area contributed by atoms with E-state index in [1.165, 1.54) is 16.5 Å². The molecule has 0 fully saturated rings. The number of benzene rings is 2. The third kappa shape index (κ3) is 3.30. The van der Waals surface area contributed by atoms with Gasteiger partial charge >= 0.3 is 5.56 Å². The number of nitrogens with zero attached hydrogens (tertiary/aromatic N) is 2. The molecule has 0 aliphatic heterocycles. The Morgan fingerprint density at radius 3 is 2.43 bits per heavy atom. The van der Waals surface area contributed by atoms with E-state index >= 15 is 0 Å². The van der Waals surface area contributed by atoms with Crippen LogP contribution in [0.4, 0.5) is 4.39 Å². The first-order valence-electron chi connectivity index (χ1n) is 8.87. The average Bonchev–Trinajstić information content (AvgIpc) is 2.73. The lowest BCUT2D eigenvalue weighted by molar-refractivity contribution is -0.706. The molecule has 0 spiro atoms. The van der Waals surface area contributed by atoms with Gasteiger partial charge in [-0.15, -0.1) is 0 Å². The van der Waals surface area contributed by atoms with Gasteiger partial charge in [0.2, 0.25) is 0 Å². The Morgan fingerprint density at radius 1 is 0.964 bits per heavy atom. The van der Waals surface area contributed by atoms with Crippen LogP contribution in [0.5, 0.6) is 5.88 Å². The van der Waals surface area contributed by atoms with Crippen LogP contribution in [-0.2, 0) is 6.54 Å². The highest BCUT2D eigenvalue weighted by atomic mass is 19.1. The second-order valence-electron chi connectivity index (χ2n) is 6.34. The molecule has 5 heteroatoms. The van der Waals surface area contributed by atoms with Crippen molar-refractivity contribution < 1.29 is 14.1 Å². The molecule has 0 atom stereocenters. The molecule has 2 aromatic carbocycles. The monoisotopic (exact) mass is 372 g/mol. The summed E-state index contributed by atoms with van der Waals surface area (Å²) >= 11 is 0. The van der Waals surface area contributed by atoms with Crippen LogP contribution < -0.4 is 15.2 Å². The quantitative estimate of drug-likeness (QED) is 0.517. The van der Waals surface area contributed by atoms with Crippen LogP contribution in [0.15, 0.2) is 89.9 Å². The lowest BCUT2D eigenvalue weighted by Crippen LogP contribution is -2.43. The van der Waals surface area contributed by atoms with E-state index in [9.17, 15) is 14.3 Å². The van der Waals surface area contributed by atoms with E-state index in [1.54, 1.807) is 65.4 Å². The second kappa shape index (κ2) is 7.48. The van der Waals surface area contributed by atoms with Crippen LogP contribution in [0.3, 0.4) is 0 Å². The standard InChI is InChI=1S/C23H17FN2O2/c24-19-13-11-17(12-14-19)7-6-16-26-20-10-4-5-15-25(20)22(27)21(23(26)28)18-8-2-1-3-9-18/h1-15H,16H2/b7-6+. The summed E-state index contributed by atoms with van der Waals surface area (Å²) in [6.07, 6.45) is 5.29. The zero-order valence-electron chi connectivity index (χ0n) is 15.0. The minimum absolute atomic E-state index is 0.138. The summed E-state index contributed by atoms with van der Waals surface area (Å²) in [4.78, 5) is 12.9. The number of allylic oxidation sites excluding steroid dienone is 1. The molecule has 0 saturated heterocycles. The summed E-state index contributed by atoms with van der Waals surface area (Å²) in [6.45, 7) is 0.282. The fourth-order valence-corrected chi connectivity index (χ4v) is 3.17. The fourth-order valence-electron chi connectivity index (χ4n) is 3.17. The van der Waals surface area contributed by atoms with Crippen molar-refractivity contribution in [1.29, 1.82) is 0 Å². The van der Waals surface area contributed by atoms with Gasteiger partial charge in [0, 0.05) is 6.07 Å². The topological polar surface area (TPSA) is 48.4 Å². The maximum atomic E-state index is 13.2. The summed E-state index contributed by atoms with van der Waals surface area (Å²) in [7, 11) is 0. The first kappa shape index (κ1) is 17.7. The normalized spacial score (nSPS) is 11.3. The lowest BCUT2D eigenvalue weighted by Gasteiger charge is -2.16. The smallest absolute Gasteiger partial charge is 0.349 e. The Hall–Kier alpha value is -3.73. The molecule has 0 N–H and O–H groups in total. The van der Waals surface area contributed by atoms with Crippen molar-refractivity contribution >= 4 is 11.7 Å². The SMILES string of the molecule is O=c1c(-c2ccccc2)c([O-])[n+](C/C=C/c2ccc(F)cc2)c2ccccn12. The lowest BCUT2D eigenvalue weighted by atomic mass is 10.1. The molecule has 4 nitrogen and oxygen atoms in total. The third-order valence-corrected chi connectivity index (χ3v) is 4.54. The van der Waals surface area contributed by atoms with Crippen LogP contribution in [-0.4, -0.2) is 4.40 Å². The van der Waals surface area contributed by atoms with E-state index < -0.39 is 0 Å². The number of halogens is 1. The molecule has 28 heavy (non-hydrogen) atoms. The molecular weight excluding hydrogens is 355 g/mol. The Labute approximate surface area is 161 Å². The molecule has 2 aromatic heterocycles. The highest BCUT2D eigenvalue weighted by molar-refractivity contribution is 5.66. The summed E-state index contributed by atoms with van der Waals surface area (Å²) in [5, 5.41) is 13.2. The van der Waals surface area contributed by atoms with Gasteiger partial charge in [0.05, 0.1) is 12.1 Å². The fraction of sp³-hybridized carbons (Fsp3) is 0.0435. The van der Waals surface area contributed by atoms with Crippen molar-refractivity contribution in [2.75, 3.05) is 0 Å². The molecule has 0 amide bonds. The molecular formula is C23H17FN2O2. The van der Waals surface area contributed by atoms with Crippen molar-refractivity contribution in [3.8, 4) is 17.0 Å².